The fourth-order valence-corrected chi connectivity index (χ4v) is 3.00. The van der Waals surface area contributed by atoms with Gasteiger partial charge in [0.1, 0.15) is 0 Å². The van der Waals surface area contributed by atoms with Crippen molar-refractivity contribution >= 4 is 5.91 Å². The van der Waals surface area contributed by atoms with Crippen molar-refractivity contribution in [3.63, 3.8) is 0 Å². The van der Waals surface area contributed by atoms with Crippen LogP contribution >= 0.6 is 0 Å². The summed E-state index contributed by atoms with van der Waals surface area (Å²) in [5.41, 5.74) is 7.28. The molecule has 0 saturated carbocycles. The van der Waals surface area contributed by atoms with Gasteiger partial charge in [0, 0.05) is 38.5 Å². The Morgan fingerprint density at radius 2 is 2.33 bits per heavy atom. The van der Waals surface area contributed by atoms with E-state index in [1.165, 1.54) is 5.56 Å². The molecule has 1 aliphatic heterocycles. The smallest absolute Gasteiger partial charge is 0.217 e. The normalized spacial score (nSPS) is 23.1. The average molecular weight is 291 g/mol. The Morgan fingerprint density at radius 3 is 2.95 bits per heavy atom. The third-order valence-electron chi connectivity index (χ3n) is 4.26. The van der Waals surface area contributed by atoms with Crippen LogP contribution in [-0.4, -0.2) is 41.6 Å². The van der Waals surface area contributed by atoms with Gasteiger partial charge in [0.2, 0.25) is 5.91 Å². The van der Waals surface area contributed by atoms with Crippen LogP contribution in [0.3, 0.4) is 0 Å². The number of rotatable bonds is 6. The summed E-state index contributed by atoms with van der Waals surface area (Å²) in [5, 5.41) is 0. The molecular weight excluding hydrogens is 266 g/mol. The number of amides is 1. The molecule has 1 aromatic heterocycles. The monoisotopic (exact) mass is 291 g/mol. The van der Waals surface area contributed by atoms with Gasteiger partial charge in [-0.3, -0.25) is 14.7 Å². The molecule has 0 spiro atoms. The van der Waals surface area contributed by atoms with Crippen molar-refractivity contribution in [2.24, 2.45) is 5.73 Å². The molecule has 21 heavy (non-hydrogen) atoms. The predicted octanol–water partition coefficient (Wildman–Crippen LogP) is 1.64. The van der Waals surface area contributed by atoms with Gasteiger partial charge in [0.05, 0.1) is 5.60 Å². The van der Waals surface area contributed by atoms with Crippen molar-refractivity contribution < 1.29 is 9.53 Å². The van der Waals surface area contributed by atoms with E-state index in [0.717, 1.165) is 38.2 Å². The van der Waals surface area contributed by atoms with Crippen LogP contribution in [0.25, 0.3) is 0 Å². The average Bonchev–Trinajstić information content (AvgIpc) is 2.48. The molecule has 0 aromatic carbocycles. The molecule has 2 heterocycles. The number of hydrogen-bond acceptors (Lipinski definition) is 4. The molecule has 0 unspecified atom stereocenters. The second-order valence-electron chi connectivity index (χ2n) is 5.98. The van der Waals surface area contributed by atoms with E-state index in [2.05, 4.69) is 16.0 Å². The summed E-state index contributed by atoms with van der Waals surface area (Å²) >= 11 is 0. The molecule has 1 atom stereocenters. The van der Waals surface area contributed by atoms with Crippen molar-refractivity contribution in [3.8, 4) is 0 Å². The van der Waals surface area contributed by atoms with E-state index in [4.69, 9.17) is 10.5 Å². The Morgan fingerprint density at radius 1 is 1.52 bits per heavy atom. The standard InChI is InChI=1S/C16H25N3O2/c1-13-4-5-14(10-18-13)11-19-9-3-7-16(12-19,21-2)8-6-15(17)20/h4-5,10H,3,6-9,11-12H2,1-2H3,(H2,17,20)/t16-/m0/s1. The number of carbonyl (C=O) groups is 1. The maximum Gasteiger partial charge on any atom is 0.217 e. The van der Waals surface area contributed by atoms with Gasteiger partial charge in [-0.2, -0.15) is 0 Å². The number of nitrogens with zero attached hydrogens (tertiary/aromatic N) is 2. The first-order valence-electron chi connectivity index (χ1n) is 7.50. The molecule has 1 saturated heterocycles. The summed E-state index contributed by atoms with van der Waals surface area (Å²) in [4.78, 5) is 17.8. The highest BCUT2D eigenvalue weighted by Gasteiger charge is 2.35. The zero-order chi connectivity index (χ0) is 15.3. The third kappa shape index (κ3) is 4.51. The van der Waals surface area contributed by atoms with Crippen molar-refractivity contribution in [2.75, 3.05) is 20.2 Å². The van der Waals surface area contributed by atoms with Crippen molar-refractivity contribution in [3.05, 3.63) is 29.6 Å². The number of pyridine rings is 1. The Kier molecular flexibility index (Phi) is 5.31. The van der Waals surface area contributed by atoms with E-state index >= 15 is 0 Å². The van der Waals surface area contributed by atoms with Gasteiger partial charge in [-0.25, -0.2) is 0 Å². The topological polar surface area (TPSA) is 68.5 Å². The second-order valence-corrected chi connectivity index (χ2v) is 5.98. The SMILES string of the molecule is CO[C@]1(CCC(N)=O)CCCN(Cc2ccc(C)nc2)C1. The number of hydrogen-bond donors (Lipinski definition) is 1. The number of aromatic nitrogens is 1. The molecule has 0 aliphatic carbocycles. The largest absolute Gasteiger partial charge is 0.377 e. The molecular formula is C16H25N3O2. The number of piperidine rings is 1. The highest BCUT2D eigenvalue weighted by Crippen LogP contribution is 2.29. The van der Waals surface area contributed by atoms with Crippen LogP contribution in [0.1, 0.15) is 36.9 Å². The summed E-state index contributed by atoms with van der Waals surface area (Å²) in [6.45, 7) is 4.75. The maximum absolute atomic E-state index is 11.0. The lowest BCUT2D eigenvalue weighted by Crippen LogP contribution is -2.49. The van der Waals surface area contributed by atoms with Crippen LogP contribution in [0.15, 0.2) is 18.3 Å². The number of methoxy groups -OCH3 is 1. The lowest BCUT2D eigenvalue weighted by Gasteiger charge is -2.42. The van der Waals surface area contributed by atoms with Gasteiger partial charge < -0.3 is 10.5 Å². The molecule has 5 heteroatoms. The molecule has 2 N–H and O–H groups in total. The molecule has 1 fully saturated rings. The van der Waals surface area contributed by atoms with Gasteiger partial charge in [-0.1, -0.05) is 6.07 Å². The van der Waals surface area contributed by atoms with Crippen LogP contribution in [0.5, 0.6) is 0 Å². The first kappa shape index (κ1) is 15.9. The minimum absolute atomic E-state index is 0.245. The highest BCUT2D eigenvalue weighted by atomic mass is 16.5. The summed E-state index contributed by atoms with van der Waals surface area (Å²) in [5.74, 6) is -0.258. The molecule has 5 nitrogen and oxygen atoms in total. The quantitative estimate of drug-likeness (QED) is 0.865. The molecule has 0 radical (unpaired) electrons. The highest BCUT2D eigenvalue weighted by molar-refractivity contribution is 5.73. The molecule has 116 valence electrons. The first-order chi connectivity index (χ1) is 10.0. The molecule has 1 aliphatic rings. The molecule has 0 bridgehead atoms. The summed E-state index contributed by atoms with van der Waals surface area (Å²) < 4.78 is 5.75. The van der Waals surface area contributed by atoms with E-state index < -0.39 is 0 Å². The maximum atomic E-state index is 11.0. The third-order valence-corrected chi connectivity index (χ3v) is 4.26. The minimum Gasteiger partial charge on any atom is -0.377 e. The number of primary amides is 1. The molecule has 1 aromatic rings. The zero-order valence-corrected chi connectivity index (χ0v) is 13.0. The number of nitrogens with two attached hydrogens (primary N) is 1. The Labute approximate surface area is 126 Å². The Balaban J connectivity index is 1.98. The minimum atomic E-state index is -0.258. The summed E-state index contributed by atoms with van der Waals surface area (Å²) in [7, 11) is 1.73. The Hall–Kier alpha value is -1.46. The van der Waals surface area contributed by atoms with Crippen LogP contribution in [0, 0.1) is 6.92 Å². The first-order valence-corrected chi connectivity index (χ1v) is 7.50. The van der Waals surface area contributed by atoms with Crippen LogP contribution in [0.2, 0.25) is 0 Å². The fourth-order valence-electron chi connectivity index (χ4n) is 3.00. The zero-order valence-electron chi connectivity index (χ0n) is 13.0. The van der Waals surface area contributed by atoms with Gasteiger partial charge in [-0.15, -0.1) is 0 Å². The van der Waals surface area contributed by atoms with Crippen LogP contribution in [0.4, 0.5) is 0 Å². The van der Waals surface area contributed by atoms with Crippen LogP contribution < -0.4 is 5.73 Å². The number of ether oxygens (including phenoxy) is 1. The molecule has 2 rings (SSSR count). The molecule has 1 amide bonds. The summed E-state index contributed by atoms with van der Waals surface area (Å²) in [6, 6.07) is 4.16. The second kappa shape index (κ2) is 7.00. The van der Waals surface area contributed by atoms with Crippen LogP contribution in [-0.2, 0) is 16.1 Å². The van der Waals surface area contributed by atoms with Crippen molar-refractivity contribution in [1.82, 2.24) is 9.88 Å². The predicted molar refractivity (Wildman–Crippen MR) is 81.7 cm³/mol. The van der Waals surface area contributed by atoms with Crippen molar-refractivity contribution in [2.45, 2.75) is 44.8 Å². The van der Waals surface area contributed by atoms with Crippen molar-refractivity contribution in [1.29, 1.82) is 0 Å². The van der Waals surface area contributed by atoms with E-state index in [-0.39, 0.29) is 11.5 Å². The lowest BCUT2D eigenvalue weighted by molar-refractivity contribution is -0.121. The van der Waals surface area contributed by atoms with Gasteiger partial charge in [-0.05, 0) is 44.4 Å². The van der Waals surface area contributed by atoms with Gasteiger partial charge >= 0.3 is 0 Å². The van der Waals surface area contributed by atoms with E-state index in [9.17, 15) is 4.79 Å². The fraction of sp³-hybridized carbons (Fsp3) is 0.625. The number of aryl methyl sites for hydroxylation is 1. The Bertz CT molecular complexity index is 475. The van der Waals surface area contributed by atoms with Gasteiger partial charge in [0.15, 0.2) is 0 Å². The van der Waals surface area contributed by atoms with E-state index in [0.29, 0.717) is 12.8 Å². The summed E-state index contributed by atoms with van der Waals surface area (Å²) in [6.07, 6.45) is 5.07. The van der Waals surface area contributed by atoms with E-state index in [1.54, 1.807) is 7.11 Å². The lowest BCUT2D eigenvalue weighted by atomic mass is 9.87. The van der Waals surface area contributed by atoms with E-state index in [1.807, 2.05) is 19.2 Å². The van der Waals surface area contributed by atoms with Gasteiger partial charge in [0.25, 0.3) is 0 Å². The number of likely N-dealkylation sites (tertiary alicyclic amines) is 1. The number of carbonyl (C=O) groups excluding carboxylic acids is 1.